The first-order chi connectivity index (χ1) is 10.7. The lowest BCUT2D eigenvalue weighted by molar-refractivity contribution is 0.0931. The highest BCUT2D eigenvalue weighted by Crippen LogP contribution is 2.28. The number of pyridine rings is 1. The zero-order chi connectivity index (χ0) is 15.5. The summed E-state index contributed by atoms with van der Waals surface area (Å²) in [6, 6.07) is 1.78. The maximum absolute atomic E-state index is 12.6. The van der Waals surface area contributed by atoms with E-state index >= 15 is 0 Å². The highest BCUT2D eigenvalue weighted by Gasteiger charge is 2.24. The molecule has 3 rings (SSSR count). The molecule has 1 atom stereocenters. The fraction of sp³-hybridized carbons (Fsp3) is 0.412. The second kappa shape index (κ2) is 6.22. The standard InChI is InChI=1S/C17H20N4O/c1-3-12-9-18-8-7-13(12)17(22)21-16-6-4-5-15-14(16)10-19-11(2)20-15/h7-10,16H,3-6H2,1-2H3,(H,21,22). The minimum absolute atomic E-state index is 0.00489. The maximum Gasteiger partial charge on any atom is 0.252 e. The molecule has 1 N–H and O–H groups in total. The molecule has 1 unspecified atom stereocenters. The van der Waals surface area contributed by atoms with Crippen molar-refractivity contribution in [3.8, 4) is 0 Å². The predicted octanol–water partition coefficient (Wildman–Crippen LogP) is 2.55. The first kappa shape index (κ1) is 14.6. The summed E-state index contributed by atoms with van der Waals surface area (Å²) in [6.45, 7) is 3.92. The van der Waals surface area contributed by atoms with Crippen molar-refractivity contribution in [1.29, 1.82) is 0 Å². The predicted molar refractivity (Wildman–Crippen MR) is 83.5 cm³/mol. The molecule has 0 saturated carbocycles. The van der Waals surface area contributed by atoms with Crippen molar-refractivity contribution >= 4 is 5.91 Å². The molecule has 0 spiro atoms. The van der Waals surface area contributed by atoms with Crippen LogP contribution in [0, 0.1) is 6.92 Å². The number of carbonyl (C=O) groups is 1. The minimum Gasteiger partial charge on any atom is -0.345 e. The van der Waals surface area contributed by atoms with E-state index in [1.54, 1.807) is 18.5 Å². The van der Waals surface area contributed by atoms with Crippen LogP contribution in [0.5, 0.6) is 0 Å². The number of amides is 1. The van der Waals surface area contributed by atoms with E-state index in [4.69, 9.17) is 0 Å². The summed E-state index contributed by atoms with van der Waals surface area (Å²) >= 11 is 0. The zero-order valence-corrected chi connectivity index (χ0v) is 13.0. The fourth-order valence-electron chi connectivity index (χ4n) is 2.96. The average molecular weight is 296 g/mol. The highest BCUT2D eigenvalue weighted by molar-refractivity contribution is 5.95. The van der Waals surface area contributed by atoms with Crippen molar-refractivity contribution in [3.05, 3.63) is 52.9 Å². The lowest BCUT2D eigenvalue weighted by Gasteiger charge is -2.25. The van der Waals surface area contributed by atoms with Gasteiger partial charge in [0.05, 0.1) is 6.04 Å². The zero-order valence-electron chi connectivity index (χ0n) is 13.0. The van der Waals surface area contributed by atoms with Gasteiger partial charge >= 0.3 is 0 Å². The molecule has 0 saturated heterocycles. The Morgan fingerprint density at radius 1 is 1.41 bits per heavy atom. The molecule has 0 bridgehead atoms. The molecule has 2 aromatic rings. The van der Waals surface area contributed by atoms with Crippen LogP contribution in [0.2, 0.25) is 0 Å². The molecule has 2 aromatic heterocycles. The normalized spacial score (nSPS) is 16.9. The quantitative estimate of drug-likeness (QED) is 0.945. The lowest BCUT2D eigenvalue weighted by Crippen LogP contribution is -2.32. The number of carbonyl (C=O) groups excluding carboxylic acids is 1. The van der Waals surface area contributed by atoms with Crippen molar-refractivity contribution in [2.45, 2.75) is 45.6 Å². The number of aryl methyl sites for hydroxylation is 3. The van der Waals surface area contributed by atoms with Crippen molar-refractivity contribution in [3.63, 3.8) is 0 Å². The molecule has 0 radical (unpaired) electrons. The van der Waals surface area contributed by atoms with Crippen molar-refractivity contribution in [1.82, 2.24) is 20.3 Å². The number of nitrogens with one attached hydrogen (secondary N) is 1. The molecule has 1 amide bonds. The van der Waals surface area contributed by atoms with Crippen LogP contribution in [-0.2, 0) is 12.8 Å². The third-order valence-corrected chi connectivity index (χ3v) is 4.14. The van der Waals surface area contributed by atoms with Gasteiger partial charge < -0.3 is 5.32 Å². The van der Waals surface area contributed by atoms with Crippen LogP contribution in [0.1, 0.15) is 58.8 Å². The van der Waals surface area contributed by atoms with Crippen molar-refractivity contribution in [2.75, 3.05) is 0 Å². The number of fused-ring (bicyclic) bond motifs is 1. The first-order valence-electron chi connectivity index (χ1n) is 7.75. The van der Waals surface area contributed by atoms with Crippen LogP contribution < -0.4 is 5.32 Å². The van der Waals surface area contributed by atoms with Gasteiger partial charge in [0.1, 0.15) is 5.82 Å². The summed E-state index contributed by atoms with van der Waals surface area (Å²) in [6.07, 6.45) is 8.99. The van der Waals surface area contributed by atoms with E-state index in [-0.39, 0.29) is 11.9 Å². The van der Waals surface area contributed by atoms with Crippen LogP contribution in [0.3, 0.4) is 0 Å². The van der Waals surface area contributed by atoms with E-state index in [1.165, 1.54) is 0 Å². The number of nitrogens with zero attached hydrogens (tertiary/aromatic N) is 3. The van der Waals surface area contributed by atoms with Gasteiger partial charge in [0.2, 0.25) is 0 Å². The van der Waals surface area contributed by atoms with Crippen LogP contribution in [0.15, 0.2) is 24.7 Å². The van der Waals surface area contributed by atoms with E-state index in [0.717, 1.165) is 48.3 Å². The Balaban J connectivity index is 1.84. The van der Waals surface area contributed by atoms with Gasteiger partial charge in [0.15, 0.2) is 0 Å². The molecule has 0 aromatic carbocycles. The number of aromatic nitrogens is 3. The van der Waals surface area contributed by atoms with Crippen LogP contribution in [0.4, 0.5) is 0 Å². The molecule has 114 valence electrons. The van der Waals surface area contributed by atoms with Crippen LogP contribution in [0.25, 0.3) is 0 Å². The van der Waals surface area contributed by atoms with E-state index in [9.17, 15) is 4.79 Å². The topological polar surface area (TPSA) is 67.8 Å². The van der Waals surface area contributed by atoms with E-state index < -0.39 is 0 Å². The largest absolute Gasteiger partial charge is 0.345 e. The summed E-state index contributed by atoms with van der Waals surface area (Å²) in [7, 11) is 0. The van der Waals surface area contributed by atoms with Crippen molar-refractivity contribution < 1.29 is 4.79 Å². The summed E-state index contributed by atoms with van der Waals surface area (Å²) in [5.74, 6) is 0.741. The second-order valence-corrected chi connectivity index (χ2v) is 5.62. The minimum atomic E-state index is -0.0438. The van der Waals surface area contributed by atoms with Crippen LogP contribution >= 0.6 is 0 Å². The van der Waals surface area contributed by atoms with Crippen molar-refractivity contribution in [2.24, 2.45) is 0 Å². The molecular weight excluding hydrogens is 276 g/mol. The van der Waals surface area contributed by atoms with Gasteiger partial charge in [-0.05, 0) is 44.2 Å². The number of hydrogen-bond donors (Lipinski definition) is 1. The Morgan fingerprint density at radius 3 is 3.09 bits per heavy atom. The van der Waals surface area contributed by atoms with E-state index in [1.807, 2.05) is 20.0 Å². The van der Waals surface area contributed by atoms with E-state index in [0.29, 0.717) is 5.56 Å². The Labute approximate surface area is 130 Å². The van der Waals surface area contributed by atoms with Gasteiger partial charge in [-0.25, -0.2) is 9.97 Å². The van der Waals surface area contributed by atoms with Gasteiger partial charge in [-0.15, -0.1) is 0 Å². The van der Waals surface area contributed by atoms with Gasteiger partial charge in [-0.1, -0.05) is 6.92 Å². The lowest BCUT2D eigenvalue weighted by atomic mass is 9.92. The summed E-state index contributed by atoms with van der Waals surface area (Å²) in [5, 5.41) is 3.14. The molecule has 22 heavy (non-hydrogen) atoms. The summed E-state index contributed by atoms with van der Waals surface area (Å²) in [5.41, 5.74) is 3.79. The molecule has 2 heterocycles. The third-order valence-electron chi connectivity index (χ3n) is 4.14. The Morgan fingerprint density at radius 2 is 2.27 bits per heavy atom. The second-order valence-electron chi connectivity index (χ2n) is 5.62. The molecule has 1 aliphatic rings. The van der Waals surface area contributed by atoms with Gasteiger partial charge in [-0.2, -0.15) is 0 Å². The molecular formula is C17H20N4O. The Hall–Kier alpha value is -2.30. The average Bonchev–Trinajstić information content (AvgIpc) is 2.54. The van der Waals surface area contributed by atoms with Gasteiger partial charge in [0, 0.05) is 35.4 Å². The number of hydrogen-bond acceptors (Lipinski definition) is 4. The molecule has 5 heteroatoms. The summed E-state index contributed by atoms with van der Waals surface area (Å²) in [4.78, 5) is 25.5. The van der Waals surface area contributed by atoms with E-state index in [2.05, 4.69) is 20.3 Å². The maximum atomic E-state index is 12.6. The number of rotatable bonds is 3. The Kier molecular flexibility index (Phi) is 4.13. The SMILES string of the molecule is CCc1cnccc1C(=O)NC1CCCc2nc(C)ncc21. The highest BCUT2D eigenvalue weighted by atomic mass is 16.1. The molecule has 5 nitrogen and oxygen atoms in total. The smallest absolute Gasteiger partial charge is 0.252 e. The molecule has 0 aliphatic heterocycles. The van der Waals surface area contributed by atoms with Gasteiger partial charge in [-0.3, -0.25) is 9.78 Å². The molecule has 0 fully saturated rings. The third kappa shape index (κ3) is 2.84. The fourth-order valence-corrected chi connectivity index (χ4v) is 2.96. The monoisotopic (exact) mass is 296 g/mol. The van der Waals surface area contributed by atoms with Gasteiger partial charge in [0.25, 0.3) is 5.91 Å². The summed E-state index contributed by atoms with van der Waals surface area (Å²) < 4.78 is 0. The first-order valence-corrected chi connectivity index (χ1v) is 7.75. The van der Waals surface area contributed by atoms with Crippen LogP contribution in [-0.4, -0.2) is 20.9 Å². The Bertz CT molecular complexity index is 699. The molecule has 1 aliphatic carbocycles.